The number of H-pyrrole nitrogens is 1. The Labute approximate surface area is 185 Å². The van der Waals surface area contributed by atoms with Crippen molar-refractivity contribution in [2.24, 2.45) is 0 Å². The number of carbonyl (C=O) groups is 3. The Morgan fingerprint density at radius 2 is 1.97 bits per heavy atom. The van der Waals surface area contributed by atoms with Crippen LogP contribution in [0, 0.1) is 6.92 Å². The zero-order valence-corrected chi connectivity index (χ0v) is 18.1. The molecule has 0 atom stereocenters. The Hall–Kier alpha value is -3.60. The van der Waals surface area contributed by atoms with Gasteiger partial charge in [0, 0.05) is 23.6 Å². The molecule has 0 radical (unpaired) electrons. The van der Waals surface area contributed by atoms with Crippen molar-refractivity contribution in [3.63, 3.8) is 0 Å². The highest BCUT2D eigenvalue weighted by atomic mass is 32.1. The van der Waals surface area contributed by atoms with E-state index >= 15 is 0 Å². The van der Waals surface area contributed by atoms with E-state index in [1.165, 1.54) is 20.1 Å². The first kappa shape index (κ1) is 23.1. The first-order valence-corrected chi connectivity index (χ1v) is 10.2. The van der Waals surface area contributed by atoms with E-state index in [9.17, 15) is 23.2 Å². The number of halogens is 2. The molecule has 3 rings (SSSR count). The number of Topliss-reactive ketones (excluding diaryl/α,β-unsaturated/α-hetero) is 1. The SMILES string of the molecule is COC(=O)c1c(CC(=O)Nc2nc(-c3ccccc3OC(F)F)cs2)[nH]c(C(C)=O)c1C. The van der Waals surface area contributed by atoms with E-state index in [1.54, 1.807) is 30.5 Å². The second-order valence-electron chi connectivity index (χ2n) is 6.66. The van der Waals surface area contributed by atoms with Crippen LogP contribution in [0.3, 0.4) is 0 Å². The number of aromatic amines is 1. The van der Waals surface area contributed by atoms with Crippen LogP contribution in [0.1, 0.15) is 39.0 Å². The number of benzene rings is 1. The third-order valence-electron chi connectivity index (χ3n) is 4.54. The fourth-order valence-corrected chi connectivity index (χ4v) is 3.90. The first-order valence-electron chi connectivity index (χ1n) is 9.31. The molecule has 8 nitrogen and oxygen atoms in total. The normalized spacial score (nSPS) is 10.8. The minimum absolute atomic E-state index is 0.0352. The standard InChI is InChI=1S/C21H19F2N3O5S/c1-10-17(19(29)30-3)13(24-18(10)11(2)27)8-16(28)26-21-25-14(9-32-21)12-6-4-5-7-15(12)31-20(22)23/h4-7,9,20,24H,8H2,1-3H3,(H,25,26,28). The van der Waals surface area contributed by atoms with Crippen LogP contribution in [-0.4, -0.2) is 41.3 Å². The van der Waals surface area contributed by atoms with Gasteiger partial charge in [0.25, 0.3) is 0 Å². The van der Waals surface area contributed by atoms with Crippen molar-refractivity contribution in [3.8, 4) is 17.0 Å². The zero-order valence-electron chi connectivity index (χ0n) is 17.3. The van der Waals surface area contributed by atoms with Crippen molar-refractivity contribution in [3.05, 3.63) is 52.2 Å². The molecule has 0 saturated carbocycles. The number of anilines is 1. The van der Waals surface area contributed by atoms with Crippen LogP contribution >= 0.6 is 11.3 Å². The molecular weight excluding hydrogens is 444 g/mol. The number of ether oxygens (including phenoxy) is 2. The number of hydrogen-bond donors (Lipinski definition) is 2. The highest BCUT2D eigenvalue weighted by Crippen LogP contribution is 2.33. The van der Waals surface area contributed by atoms with Gasteiger partial charge in [-0.1, -0.05) is 12.1 Å². The van der Waals surface area contributed by atoms with Crippen LogP contribution in [0.25, 0.3) is 11.3 Å². The van der Waals surface area contributed by atoms with E-state index in [0.29, 0.717) is 16.8 Å². The molecule has 1 amide bonds. The molecule has 32 heavy (non-hydrogen) atoms. The Bertz CT molecular complexity index is 1170. The molecule has 0 aliphatic carbocycles. The van der Waals surface area contributed by atoms with Gasteiger partial charge in [-0.3, -0.25) is 9.59 Å². The number of amides is 1. The Balaban J connectivity index is 1.80. The summed E-state index contributed by atoms with van der Waals surface area (Å²) in [4.78, 5) is 43.6. The maximum atomic E-state index is 12.6. The number of nitrogens with one attached hydrogen (secondary N) is 2. The van der Waals surface area contributed by atoms with Gasteiger partial charge < -0.3 is 19.8 Å². The summed E-state index contributed by atoms with van der Waals surface area (Å²) in [7, 11) is 1.21. The smallest absolute Gasteiger partial charge is 0.387 e. The summed E-state index contributed by atoms with van der Waals surface area (Å²) >= 11 is 1.10. The molecule has 0 bridgehead atoms. The third-order valence-corrected chi connectivity index (χ3v) is 5.29. The number of aromatic nitrogens is 2. The number of hydrogen-bond acceptors (Lipinski definition) is 7. The summed E-state index contributed by atoms with van der Waals surface area (Å²) in [5, 5.41) is 4.43. The van der Waals surface area contributed by atoms with Crippen LogP contribution in [0.2, 0.25) is 0 Å². The first-order chi connectivity index (χ1) is 15.2. The number of para-hydroxylation sites is 1. The van der Waals surface area contributed by atoms with Crippen LogP contribution in [-0.2, 0) is 16.0 Å². The van der Waals surface area contributed by atoms with Crippen LogP contribution in [0.15, 0.2) is 29.6 Å². The second kappa shape index (κ2) is 9.69. The minimum Gasteiger partial charge on any atom is -0.465 e. The summed E-state index contributed by atoms with van der Waals surface area (Å²) in [6.07, 6.45) is -0.238. The van der Waals surface area contributed by atoms with Gasteiger partial charge in [0.15, 0.2) is 10.9 Å². The van der Waals surface area contributed by atoms with E-state index in [4.69, 9.17) is 4.74 Å². The minimum atomic E-state index is -2.98. The van der Waals surface area contributed by atoms with Crippen molar-refractivity contribution < 1.29 is 32.6 Å². The number of thiazole rings is 1. The van der Waals surface area contributed by atoms with Gasteiger partial charge >= 0.3 is 12.6 Å². The average molecular weight is 463 g/mol. The molecule has 0 fully saturated rings. The molecule has 0 saturated heterocycles. The van der Waals surface area contributed by atoms with Gasteiger partial charge in [-0.05, 0) is 24.6 Å². The molecule has 11 heteroatoms. The lowest BCUT2D eigenvalue weighted by atomic mass is 10.1. The highest BCUT2D eigenvalue weighted by molar-refractivity contribution is 7.14. The molecule has 0 aliphatic rings. The van der Waals surface area contributed by atoms with E-state index in [2.05, 4.69) is 20.0 Å². The van der Waals surface area contributed by atoms with Crippen molar-refractivity contribution in [1.82, 2.24) is 9.97 Å². The highest BCUT2D eigenvalue weighted by Gasteiger charge is 2.24. The predicted octanol–water partition coefficient (Wildman–Crippen LogP) is 4.22. The van der Waals surface area contributed by atoms with Gasteiger partial charge in [-0.2, -0.15) is 8.78 Å². The molecule has 3 aromatic rings. The summed E-state index contributed by atoms with van der Waals surface area (Å²) in [6.45, 7) is -0.0503. The van der Waals surface area contributed by atoms with Crippen LogP contribution < -0.4 is 10.1 Å². The largest absolute Gasteiger partial charge is 0.465 e. The lowest BCUT2D eigenvalue weighted by molar-refractivity contribution is -0.115. The predicted molar refractivity (Wildman–Crippen MR) is 113 cm³/mol. The zero-order chi connectivity index (χ0) is 23.4. The van der Waals surface area contributed by atoms with Gasteiger partial charge in [0.05, 0.1) is 30.5 Å². The monoisotopic (exact) mass is 463 g/mol. The number of alkyl halides is 2. The summed E-state index contributed by atoms with van der Waals surface area (Å²) in [5.41, 5.74) is 1.70. The lowest BCUT2D eigenvalue weighted by Gasteiger charge is -2.08. The summed E-state index contributed by atoms with van der Waals surface area (Å²) < 4.78 is 34.6. The van der Waals surface area contributed by atoms with E-state index in [-0.39, 0.29) is 40.0 Å². The Morgan fingerprint density at radius 1 is 1.25 bits per heavy atom. The molecule has 0 spiro atoms. The average Bonchev–Trinajstić information content (AvgIpc) is 3.31. The lowest BCUT2D eigenvalue weighted by Crippen LogP contribution is -2.17. The molecule has 2 aromatic heterocycles. The maximum absolute atomic E-state index is 12.6. The second-order valence-corrected chi connectivity index (χ2v) is 7.52. The quantitative estimate of drug-likeness (QED) is 0.382. The fraction of sp³-hybridized carbons (Fsp3) is 0.238. The topological polar surface area (TPSA) is 110 Å². The van der Waals surface area contributed by atoms with Gasteiger partial charge in [0.2, 0.25) is 5.91 Å². The van der Waals surface area contributed by atoms with Crippen molar-refractivity contribution in [1.29, 1.82) is 0 Å². The fourth-order valence-electron chi connectivity index (χ4n) is 3.18. The van der Waals surface area contributed by atoms with Crippen LogP contribution in [0.4, 0.5) is 13.9 Å². The Morgan fingerprint density at radius 3 is 2.62 bits per heavy atom. The molecule has 2 heterocycles. The van der Waals surface area contributed by atoms with Crippen molar-refractivity contribution in [2.45, 2.75) is 26.9 Å². The molecule has 0 unspecified atom stereocenters. The Kier molecular flexibility index (Phi) is 6.98. The number of esters is 1. The van der Waals surface area contributed by atoms with Gasteiger partial charge in [-0.15, -0.1) is 11.3 Å². The van der Waals surface area contributed by atoms with E-state index in [0.717, 1.165) is 11.3 Å². The number of ketones is 1. The third kappa shape index (κ3) is 4.99. The number of nitrogens with zero attached hydrogens (tertiary/aromatic N) is 1. The summed E-state index contributed by atoms with van der Waals surface area (Å²) in [5.74, 6) is -1.48. The van der Waals surface area contributed by atoms with E-state index < -0.39 is 18.5 Å². The molecule has 1 aromatic carbocycles. The number of rotatable bonds is 8. The maximum Gasteiger partial charge on any atom is 0.387 e. The van der Waals surface area contributed by atoms with Crippen molar-refractivity contribution in [2.75, 3.05) is 12.4 Å². The number of methoxy groups -OCH3 is 1. The van der Waals surface area contributed by atoms with Crippen LogP contribution in [0.5, 0.6) is 5.75 Å². The molecular formula is C21H19F2N3O5S. The number of carbonyl (C=O) groups excluding carboxylic acids is 3. The van der Waals surface area contributed by atoms with E-state index in [1.807, 2.05) is 0 Å². The summed E-state index contributed by atoms with van der Waals surface area (Å²) in [6, 6.07) is 6.18. The van der Waals surface area contributed by atoms with Gasteiger partial charge in [0.1, 0.15) is 5.75 Å². The molecule has 2 N–H and O–H groups in total. The van der Waals surface area contributed by atoms with Gasteiger partial charge in [-0.25, -0.2) is 9.78 Å². The molecule has 168 valence electrons. The van der Waals surface area contributed by atoms with Crippen molar-refractivity contribution >= 4 is 34.1 Å². The molecule has 0 aliphatic heterocycles.